The molecule has 1 aliphatic rings. The summed E-state index contributed by atoms with van der Waals surface area (Å²) < 4.78 is 86.4. The van der Waals surface area contributed by atoms with Crippen molar-refractivity contribution < 1.29 is 35.9 Å². The van der Waals surface area contributed by atoms with E-state index in [4.69, 9.17) is 10.5 Å². The van der Waals surface area contributed by atoms with Gasteiger partial charge < -0.3 is 20.3 Å². The molecular weight excluding hydrogens is 552 g/mol. The molecule has 0 bridgehead atoms. The average Bonchev–Trinajstić information content (AvgIpc) is 2.89. The molecule has 1 atom stereocenters. The Morgan fingerprint density at radius 3 is 2.34 bits per heavy atom. The largest absolute Gasteiger partial charge is 0.494 e. The van der Waals surface area contributed by atoms with Crippen molar-refractivity contribution in [1.29, 1.82) is 0 Å². The molecule has 0 aliphatic carbocycles. The third-order valence-electron chi connectivity index (χ3n) is 5.70. The molecule has 0 saturated carbocycles. The lowest BCUT2D eigenvalue weighted by Gasteiger charge is -2.39. The van der Waals surface area contributed by atoms with Crippen molar-refractivity contribution >= 4 is 18.3 Å². The molecule has 7 nitrogen and oxygen atoms in total. The van der Waals surface area contributed by atoms with E-state index in [1.165, 1.54) is 30.5 Å². The first-order valence-corrected chi connectivity index (χ1v) is 12.8. The Bertz CT molecular complexity index is 1170. The average molecular weight is 590 g/mol. The minimum Gasteiger partial charge on any atom is -0.494 e. The maximum atomic E-state index is 14.4. The number of methoxy groups -OCH3 is 1. The van der Waals surface area contributed by atoms with Crippen LogP contribution in [0.15, 0.2) is 64.4 Å². The molecule has 2 N–H and O–H groups in total. The molecule has 0 radical (unpaired) electrons. The third-order valence-corrected chi connectivity index (χ3v) is 5.70. The lowest BCUT2D eigenvalue weighted by atomic mass is 10.0. The van der Waals surface area contributed by atoms with Crippen LogP contribution in [-0.2, 0) is 4.79 Å². The van der Waals surface area contributed by atoms with Crippen molar-refractivity contribution in [2.24, 2.45) is 10.7 Å². The van der Waals surface area contributed by atoms with Crippen molar-refractivity contribution in [1.82, 2.24) is 14.8 Å². The van der Waals surface area contributed by atoms with Gasteiger partial charge in [0.15, 0.2) is 0 Å². The number of rotatable bonds is 10. The van der Waals surface area contributed by atoms with Gasteiger partial charge in [0.1, 0.15) is 18.1 Å². The first-order valence-electron chi connectivity index (χ1n) is 12.8. The molecule has 2 rings (SSSR count). The number of aromatic nitrogens is 1. The Morgan fingerprint density at radius 2 is 1.80 bits per heavy atom. The molecule has 1 unspecified atom stereocenters. The van der Waals surface area contributed by atoms with E-state index in [1.807, 2.05) is 13.8 Å². The Hall–Kier alpha value is -3.61. The molecule has 1 aliphatic heterocycles. The van der Waals surface area contributed by atoms with Crippen LogP contribution in [0.3, 0.4) is 0 Å². The van der Waals surface area contributed by atoms with E-state index in [0.717, 1.165) is 24.8 Å². The summed E-state index contributed by atoms with van der Waals surface area (Å²) in [5, 5.41) is 0. The van der Waals surface area contributed by atoms with Crippen LogP contribution >= 0.6 is 0 Å². The van der Waals surface area contributed by atoms with Gasteiger partial charge in [-0.25, -0.2) is 13.2 Å². The number of nitrogens with zero attached hydrogens (tertiary/aromatic N) is 4. The molecule has 41 heavy (non-hydrogen) atoms. The molecule has 1 aromatic heterocycles. The summed E-state index contributed by atoms with van der Waals surface area (Å²) in [5.74, 6) is -2.88. The summed E-state index contributed by atoms with van der Waals surface area (Å²) in [6, 6.07) is 0.523. The SMILES string of the molecule is C=N/C(=C1/CN(C(=O)CC(N)CC(/C=C(\C)F)=C(F)/C=C(\C)F)CCN1CC(F)(F)F)c1ccncc1OC.CC. The van der Waals surface area contributed by atoms with Crippen LogP contribution in [0.1, 0.15) is 46.1 Å². The summed E-state index contributed by atoms with van der Waals surface area (Å²) in [4.78, 5) is 23.4. The van der Waals surface area contributed by atoms with Gasteiger partial charge in [-0.2, -0.15) is 13.2 Å². The number of ether oxygens (including phenoxy) is 1. The zero-order valence-corrected chi connectivity index (χ0v) is 23.9. The first-order chi connectivity index (χ1) is 19.2. The summed E-state index contributed by atoms with van der Waals surface area (Å²) in [6.45, 7) is 7.87. The Morgan fingerprint density at radius 1 is 1.17 bits per heavy atom. The van der Waals surface area contributed by atoms with Gasteiger partial charge in [-0.3, -0.25) is 14.8 Å². The monoisotopic (exact) mass is 589 g/mol. The van der Waals surface area contributed by atoms with Crippen molar-refractivity contribution in [3.05, 3.63) is 64.9 Å². The van der Waals surface area contributed by atoms with Gasteiger partial charge in [0.05, 0.1) is 42.9 Å². The van der Waals surface area contributed by atoms with Crippen molar-refractivity contribution in [3.8, 4) is 5.75 Å². The van der Waals surface area contributed by atoms with E-state index in [1.54, 1.807) is 0 Å². The molecule has 1 saturated heterocycles. The van der Waals surface area contributed by atoms with Crippen LogP contribution in [0.4, 0.5) is 26.3 Å². The third kappa shape index (κ3) is 11.4. The van der Waals surface area contributed by atoms with Gasteiger partial charge >= 0.3 is 6.18 Å². The minimum absolute atomic E-state index is 0.0482. The molecule has 13 heteroatoms. The first kappa shape index (κ1) is 35.4. The van der Waals surface area contributed by atoms with Gasteiger partial charge in [-0.15, -0.1) is 0 Å². The maximum absolute atomic E-state index is 14.4. The molecule has 228 valence electrons. The predicted octanol–water partition coefficient (Wildman–Crippen LogP) is 6.27. The van der Waals surface area contributed by atoms with Crippen LogP contribution in [0.2, 0.25) is 0 Å². The van der Waals surface area contributed by atoms with E-state index >= 15 is 0 Å². The van der Waals surface area contributed by atoms with E-state index < -0.39 is 42.2 Å². The van der Waals surface area contributed by atoms with E-state index in [-0.39, 0.29) is 55.2 Å². The second kappa shape index (κ2) is 16.6. The number of alkyl halides is 3. The quantitative estimate of drug-likeness (QED) is 0.198. The Balaban J connectivity index is 0.00000411. The number of nitrogens with two attached hydrogens (primary N) is 1. The fourth-order valence-electron chi connectivity index (χ4n) is 4.08. The van der Waals surface area contributed by atoms with E-state index in [2.05, 4.69) is 16.7 Å². The summed E-state index contributed by atoms with van der Waals surface area (Å²) in [5.41, 5.74) is 6.33. The van der Waals surface area contributed by atoms with Gasteiger partial charge in [-0.1, -0.05) is 13.8 Å². The van der Waals surface area contributed by atoms with E-state index in [9.17, 15) is 31.1 Å². The molecular formula is C28H37F6N5O2. The second-order valence-electron chi connectivity index (χ2n) is 8.89. The van der Waals surface area contributed by atoms with Crippen LogP contribution in [0.25, 0.3) is 5.70 Å². The number of piperazine rings is 1. The molecule has 2 heterocycles. The fraction of sp³-hybridized carbons (Fsp3) is 0.464. The van der Waals surface area contributed by atoms with Crippen LogP contribution in [0.5, 0.6) is 5.75 Å². The van der Waals surface area contributed by atoms with Crippen LogP contribution in [-0.4, -0.2) is 72.9 Å². The number of amides is 1. The molecule has 1 aromatic rings. The second-order valence-corrected chi connectivity index (χ2v) is 8.89. The lowest BCUT2D eigenvalue weighted by molar-refractivity contribution is -0.146. The Kier molecular flexibility index (Phi) is 14.3. The number of pyridine rings is 1. The van der Waals surface area contributed by atoms with E-state index in [0.29, 0.717) is 11.6 Å². The number of hydrogen-bond donors (Lipinski definition) is 1. The molecule has 1 amide bonds. The topological polar surface area (TPSA) is 84.0 Å². The number of hydrogen-bond acceptors (Lipinski definition) is 6. The minimum atomic E-state index is -4.53. The summed E-state index contributed by atoms with van der Waals surface area (Å²) in [7, 11) is 1.37. The standard InChI is InChI=1S/C26H31F6N5O2.C2H6/c1-16(27)9-18(21(29)10-17(2)28)11-19(33)12-24(38)36-7-8-37(15-26(30,31)32)22(14-36)25(34-3)20-5-6-35-13-23(20)39-4;1-2/h5-6,9-10,13,19H,3,7-8,11-12,14-15,33H2,1-2,4H3;1-2H3/b16-9+,17-10+,21-18-,25-22-;. The molecule has 0 spiro atoms. The smallest absolute Gasteiger partial charge is 0.405 e. The number of carbonyl (C=O) groups excluding carboxylic acids is 1. The maximum Gasteiger partial charge on any atom is 0.405 e. The van der Waals surface area contributed by atoms with Crippen molar-refractivity contribution in [2.45, 2.75) is 52.8 Å². The molecule has 0 aromatic carbocycles. The van der Waals surface area contributed by atoms with Gasteiger partial charge in [0.2, 0.25) is 5.91 Å². The summed E-state index contributed by atoms with van der Waals surface area (Å²) >= 11 is 0. The highest BCUT2D eigenvalue weighted by atomic mass is 19.4. The van der Waals surface area contributed by atoms with Crippen molar-refractivity contribution in [2.75, 3.05) is 33.3 Å². The number of aliphatic imine (C=N–C) groups is 1. The number of carbonyl (C=O) groups is 1. The number of allylic oxidation sites excluding steroid dienone is 5. The number of halogens is 6. The zero-order chi connectivity index (χ0) is 31.3. The predicted molar refractivity (Wildman–Crippen MR) is 148 cm³/mol. The molecule has 1 fully saturated rings. The highest BCUT2D eigenvalue weighted by Crippen LogP contribution is 2.33. The highest BCUT2D eigenvalue weighted by Gasteiger charge is 2.36. The fourth-order valence-corrected chi connectivity index (χ4v) is 4.08. The zero-order valence-electron chi connectivity index (χ0n) is 23.9. The van der Waals surface area contributed by atoms with Crippen molar-refractivity contribution in [3.63, 3.8) is 0 Å². The summed E-state index contributed by atoms with van der Waals surface area (Å²) in [6.07, 6.45) is -0.909. The van der Waals surface area contributed by atoms with Gasteiger partial charge in [0, 0.05) is 43.4 Å². The van der Waals surface area contributed by atoms with Crippen LogP contribution < -0.4 is 10.5 Å². The van der Waals surface area contributed by atoms with Gasteiger partial charge in [-0.05, 0) is 44.7 Å². The Labute approximate surface area is 236 Å². The van der Waals surface area contributed by atoms with Gasteiger partial charge in [0.25, 0.3) is 0 Å². The lowest BCUT2D eigenvalue weighted by Crippen LogP contribution is -2.50. The van der Waals surface area contributed by atoms with Crippen LogP contribution in [0, 0.1) is 0 Å². The highest BCUT2D eigenvalue weighted by molar-refractivity contribution is 5.79. The normalized spacial score (nSPS) is 17.3.